The number of phenolic OH excluding ortho intramolecular Hbond substituents is 1. The molecule has 1 amide bonds. The van der Waals surface area contributed by atoms with E-state index in [4.69, 9.17) is 4.74 Å². The van der Waals surface area contributed by atoms with Gasteiger partial charge < -0.3 is 15.2 Å². The van der Waals surface area contributed by atoms with E-state index >= 15 is 0 Å². The molecule has 0 aromatic heterocycles. The van der Waals surface area contributed by atoms with Crippen LogP contribution in [-0.4, -0.2) is 23.3 Å². The lowest BCUT2D eigenvalue weighted by Gasteiger charge is -2.03. The Morgan fingerprint density at radius 1 is 1.22 bits per heavy atom. The van der Waals surface area contributed by atoms with E-state index in [1.807, 2.05) is 12.1 Å². The molecule has 0 radical (unpaired) electrons. The summed E-state index contributed by atoms with van der Waals surface area (Å²) in [6, 6.07) is 13.0. The summed E-state index contributed by atoms with van der Waals surface area (Å²) in [5.74, 6) is 0.239. The number of ether oxygens (including phenoxy) is 1. The second-order valence-electron chi connectivity index (χ2n) is 6.18. The van der Waals surface area contributed by atoms with Crippen LogP contribution < -0.4 is 10.1 Å². The van der Waals surface area contributed by atoms with Crippen molar-refractivity contribution in [3.8, 4) is 11.5 Å². The number of benzene rings is 2. The Balaban J connectivity index is 1.74. The lowest BCUT2D eigenvalue weighted by atomic mass is 10.1. The molecular weight excluding hydrogens is 360 g/mol. The van der Waals surface area contributed by atoms with Gasteiger partial charge in [-0.3, -0.25) is 4.79 Å². The van der Waals surface area contributed by atoms with E-state index in [-0.39, 0.29) is 11.7 Å². The molecule has 1 aliphatic rings. The van der Waals surface area contributed by atoms with Gasteiger partial charge in [0.2, 0.25) is 0 Å². The fourth-order valence-electron chi connectivity index (χ4n) is 2.65. The average Bonchev–Trinajstić information content (AvgIpc) is 3.01. The number of thioether (sulfide) groups is 1. The van der Waals surface area contributed by atoms with Crippen LogP contribution in [0.2, 0.25) is 0 Å². The summed E-state index contributed by atoms with van der Waals surface area (Å²) in [5, 5.41) is 13.0. The number of aromatic hydroxyl groups is 1. The molecule has 6 heteroatoms. The van der Waals surface area contributed by atoms with Gasteiger partial charge in [0.15, 0.2) is 16.7 Å². The highest BCUT2D eigenvalue weighted by atomic mass is 32.2. The molecule has 0 aliphatic carbocycles. The maximum Gasteiger partial charge on any atom is 0.264 e. The van der Waals surface area contributed by atoms with Crippen molar-refractivity contribution in [2.75, 3.05) is 7.11 Å². The number of carbonyl (C=O) groups excluding carboxylic acids is 1. The predicted octanol–water partition coefficient (Wildman–Crippen LogP) is 4.64. The zero-order chi connectivity index (χ0) is 19.2. The van der Waals surface area contributed by atoms with Gasteiger partial charge in [-0.1, -0.05) is 31.5 Å². The first-order valence-corrected chi connectivity index (χ1v) is 9.66. The number of rotatable bonds is 6. The van der Waals surface area contributed by atoms with E-state index in [2.05, 4.69) is 29.4 Å². The van der Waals surface area contributed by atoms with E-state index in [1.54, 1.807) is 18.2 Å². The van der Waals surface area contributed by atoms with Crippen molar-refractivity contribution in [1.29, 1.82) is 0 Å². The zero-order valence-corrected chi connectivity index (χ0v) is 16.2. The molecule has 0 saturated carbocycles. The number of aryl methyl sites for hydroxylation is 1. The summed E-state index contributed by atoms with van der Waals surface area (Å²) in [6.45, 7) is 2.18. The van der Waals surface area contributed by atoms with Crippen LogP contribution in [0.3, 0.4) is 0 Å². The Bertz CT molecular complexity index is 889. The third-order valence-corrected chi connectivity index (χ3v) is 5.05. The quantitative estimate of drug-likeness (QED) is 0.714. The number of aliphatic imine (C=N–C) groups is 1. The van der Waals surface area contributed by atoms with Gasteiger partial charge in [0.25, 0.3) is 5.91 Å². The van der Waals surface area contributed by atoms with E-state index in [1.165, 1.54) is 43.3 Å². The first-order valence-electron chi connectivity index (χ1n) is 8.84. The molecule has 1 aliphatic heterocycles. The first kappa shape index (κ1) is 19.0. The Labute approximate surface area is 163 Å². The van der Waals surface area contributed by atoms with Gasteiger partial charge in [-0.2, -0.15) is 0 Å². The van der Waals surface area contributed by atoms with Crippen molar-refractivity contribution >= 4 is 34.6 Å². The molecule has 27 heavy (non-hydrogen) atoms. The number of carbonyl (C=O) groups is 1. The Morgan fingerprint density at radius 3 is 2.70 bits per heavy atom. The number of nitrogens with zero attached hydrogens (tertiary/aromatic N) is 1. The summed E-state index contributed by atoms with van der Waals surface area (Å²) < 4.78 is 5.10. The highest BCUT2D eigenvalue weighted by Crippen LogP contribution is 2.31. The number of methoxy groups -OCH3 is 1. The molecule has 2 N–H and O–H groups in total. The van der Waals surface area contributed by atoms with E-state index in [9.17, 15) is 9.90 Å². The third kappa shape index (κ3) is 4.92. The predicted molar refractivity (Wildman–Crippen MR) is 111 cm³/mol. The van der Waals surface area contributed by atoms with Crippen LogP contribution in [0.4, 0.5) is 5.69 Å². The van der Waals surface area contributed by atoms with E-state index in [0.29, 0.717) is 15.8 Å². The van der Waals surface area contributed by atoms with Crippen molar-refractivity contribution < 1.29 is 14.6 Å². The van der Waals surface area contributed by atoms with Crippen LogP contribution >= 0.6 is 11.8 Å². The lowest BCUT2D eigenvalue weighted by molar-refractivity contribution is -0.115. The van der Waals surface area contributed by atoms with Gasteiger partial charge in [-0.05, 0) is 66.1 Å². The fourth-order valence-corrected chi connectivity index (χ4v) is 3.49. The van der Waals surface area contributed by atoms with Crippen LogP contribution in [-0.2, 0) is 11.2 Å². The minimum absolute atomic E-state index is 0.0628. The largest absolute Gasteiger partial charge is 0.504 e. The molecule has 3 rings (SSSR count). The molecule has 140 valence electrons. The third-order valence-electron chi connectivity index (χ3n) is 4.14. The zero-order valence-electron chi connectivity index (χ0n) is 15.4. The van der Waals surface area contributed by atoms with Crippen LogP contribution in [0.25, 0.3) is 6.08 Å². The second kappa shape index (κ2) is 8.77. The first-order chi connectivity index (χ1) is 13.1. The van der Waals surface area contributed by atoms with Crippen molar-refractivity contribution in [1.82, 2.24) is 5.32 Å². The van der Waals surface area contributed by atoms with Crippen LogP contribution in [0.1, 0.15) is 30.9 Å². The van der Waals surface area contributed by atoms with Gasteiger partial charge in [0, 0.05) is 0 Å². The Kier molecular flexibility index (Phi) is 6.19. The van der Waals surface area contributed by atoms with Crippen molar-refractivity contribution in [2.24, 2.45) is 4.99 Å². The van der Waals surface area contributed by atoms with Gasteiger partial charge in [0.1, 0.15) is 0 Å². The molecule has 2 aromatic carbocycles. The lowest BCUT2D eigenvalue weighted by Crippen LogP contribution is -2.19. The van der Waals surface area contributed by atoms with E-state index < -0.39 is 0 Å². The van der Waals surface area contributed by atoms with Crippen molar-refractivity contribution in [3.63, 3.8) is 0 Å². The van der Waals surface area contributed by atoms with Gasteiger partial charge in [0.05, 0.1) is 17.7 Å². The SMILES string of the molecule is CCCCc1ccc(N=C2NC(=O)/C(=C/c3ccc(O)c(OC)c3)S2)cc1. The number of unbranched alkanes of at least 4 members (excludes halogenated alkanes) is 1. The van der Waals surface area contributed by atoms with Crippen LogP contribution in [0, 0.1) is 0 Å². The number of nitrogens with one attached hydrogen (secondary N) is 1. The normalized spacial score (nSPS) is 16.7. The molecule has 1 fully saturated rings. The molecule has 5 nitrogen and oxygen atoms in total. The van der Waals surface area contributed by atoms with Crippen molar-refractivity contribution in [3.05, 3.63) is 58.5 Å². The van der Waals surface area contributed by atoms with Gasteiger partial charge >= 0.3 is 0 Å². The Hall–Kier alpha value is -2.73. The summed E-state index contributed by atoms with van der Waals surface area (Å²) in [6.07, 6.45) is 5.17. The van der Waals surface area contributed by atoms with Gasteiger partial charge in [-0.15, -0.1) is 0 Å². The minimum Gasteiger partial charge on any atom is -0.504 e. The maximum atomic E-state index is 12.2. The highest BCUT2D eigenvalue weighted by Gasteiger charge is 2.23. The topological polar surface area (TPSA) is 70.9 Å². The summed E-state index contributed by atoms with van der Waals surface area (Å²) in [7, 11) is 1.49. The summed E-state index contributed by atoms with van der Waals surface area (Å²) >= 11 is 1.29. The fraction of sp³-hybridized carbons (Fsp3) is 0.238. The minimum atomic E-state index is -0.189. The number of amides is 1. The molecule has 2 aromatic rings. The van der Waals surface area contributed by atoms with Crippen molar-refractivity contribution in [2.45, 2.75) is 26.2 Å². The molecule has 0 unspecified atom stereocenters. The van der Waals surface area contributed by atoms with Crippen LogP contribution in [0.5, 0.6) is 11.5 Å². The number of hydrogen-bond donors (Lipinski definition) is 2. The molecule has 1 heterocycles. The molecule has 0 bridgehead atoms. The average molecular weight is 382 g/mol. The highest BCUT2D eigenvalue weighted by molar-refractivity contribution is 8.18. The van der Waals surface area contributed by atoms with Gasteiger partial charge in [-0.25, -0.2) is 4.99 Å². The Morgan fingerprint density at radius 2 is 2.00 bits per heavy atom. The maximum absolute atomic E-state index is 12.2. The molecule has 0 spiro atoms. The van der Waals surface area contributed by atoms with Crippen LogP contribution in [0.15, 0.2) is 52.4 Å². The monoisotopic (exact) mass is 382 g/mol. The second-order valence-corrected chi connectivity index (χ2v) is 7.21. The summed E-state index contributed by atoms with van der Waals surface area (Å²) in [4.78, 5) is 17.3. The molecule has 0 atom stereocenters. The number of hydrogen-bond acceptors (Lipinski definition) is 5. The molecular formula is C21H22N2O3S. The smallest absolute Gasteiger partial charge is 0.264 e. The number of phenols is 1. The molecule has 1 saturated heterocycles. The van der Waals surface area contributed by atoms with E-state index in [0.717, 1.165) is 17.7 Å². The summed E-state index contributed by atoms with van der Waals surface area (Å²) in [5.41, 5.74) is 2.88. The standard InChI is InChI=1S/C21H22N2O3S/c1-3-4-5-14-6-9-16(10-7-14)22-21-23-20(25)19(27-21)13-15-8-11-17(24)18(12-15)26-2/h6-13,24H,3-5H2,1-2H3,(H,22,23,25)/b19-13-. The number of amidine groups is 1.